The molecule has 1 fully saturated rings. The van der Waals surface area contributed by atoms with Crippen LogP contribution in [0.4, 0.5) is 29.1 Å². The van der Waals surface area contributed by atoms with E-state index in [1.165, 1.54) is 11.3 Å². The summed E-state index contributed by atoms with van der Waals surface area (Å²) in [5.41, 5.74) is 51.9. The van der Waals surface area contributed by atoms with Crippen LogP contribution in [0, 0.1) is 11.8 Å². The number of nitrogens with two attached hydrogens (primary N) is 5. The maximum atomic E-state index is 12.7. The van der Waals surface area contributed by atoms with Gasteiger partial charge in [0.25, 0.3) is 5.91 Å². The number of rotatable bonds is 24. The van der Waals surface area contributed by atoms with Gasteiger partial charge in [-0.25, -0.2) is 54.8 Å². The van der Waals surface area contributed by atoms with Crippen molar-refractivity contribution in [2.45, 2.75) is 114 Å². The quantitative estimate of drug-likeness (QED) is 0.0267. The number of carbonyl (C=O) groups is 5. The summed E-state index contributed by atoms with van der Waals surface area (Å²) in [6.07, 6.45) is 10.9. The van der Waals surface area contributed by atoms with E-state index in [4.69, 9.17) is 53.6 Å². The summed E-state index contributed by atoms with van der Waals surface area (Å²) in [6, 6.07) is 47.7. The van der Waals surface area contributed by atoms with Crippen LogP contribution in [0.2, 0.25) is 0 Å². The number of fused-ring (bicyclic) bond motifs is 15. The molecular weight excluding hydrogens is 1790 g/mol. The molecule has 0 aliphatic heterocycles. The Kier molecular flexibility index (Phi) is 26.7. The zero-order chi connectivity index (χ0) is 97.7. The van der Waals surface area contributed by atoms with Crippen molar-refractivity contribution in [1.82, 2.24) is 145 Å². The molecule has 0 atom stereocenters. The third kappa shape index (κ3) is 19.5. The predicted molar refractivity (Wildman–Crippen MR) is 545 cm³/mol. The molecule has 0 bridgehead atoms. The zero-order valence-electron chi connectivity index (χ0n) is 78.4. The van der Waals surface area contributed by atoms with Crippen LogP contribution in [0.3, 0.4) is 0 Å². The van der Waals surface area contributed by atoms with Crippen molar-refractivity contribution < 1.29 is 24.0 Å². The van der Waals surface area contributed by atoms with Crippen molar-refractivity contribution in [3.8, 4) is 56.2 Å². The second kappa shape index (κ2) is 40.2. The summed E-state index contributed by atoms with van der Waals surface area (Å²) in [5.74, 6) is 5.88. The Balaban J connectivity index is 0.000000116. The number of nitrogens with one attached hydrogen (secondary N) is 9. The minimum Gasteiger partial charge on any atom is -0.382 e. The second-order valence-corrected chi connectivity index (χ2v) is 34.9. The van der Waals surface area contributed by atoms with Gasteiger partial charge in [-0.3, -0.25) is 44.4 Å². The van der Waals surface area contributed by atoms with Crippen molar-refractivity contribution in [1.29, 1.82) is 0 Å². The Bertz CT molecular complexity index is 7930. The normalized spacial score (nSPS) is 11.9. The number of pyridine rings is 5. The van der Waals surface area contributed by atoms with Crippen LogP contribution in [0.1, 0.15) is 121 Å². The van der Waals surface area contributed by atoms with Gasteiger partial charge in [-0.15, -0.1) is 11.3 Å². The first-order valence-electron chi connectivity index (χ1n) is 46.2. The number of H-pyrrole nitrogens is 9. The number of hydrogen-bond donors (Lipinski definition) is 14. The molecule has 710 valence electrons. The number of aromatic amines is 9. The van der Waals surface area contributed by atoms with Gasteiger partial charge < -0.3 is 78.1 Å². The van der Waals surface area contributed by atoms with Crippen molar-refractivity contribution in [3.63, 3.8) is 0 Å². The van der Waals surface area contributed by atoms with Crippen LogP contribution in [-0.4, -0.2) is 207 Å². The third-order valence-electron chi connectivity index (χ3n) is 24.5. The molecule has 1 aliphatic carbocycles. The number of hydrogen-bond acceptors (Lipinski definition) is 26. The highest BCUT2D eigenvalue weighted by Crippen LogP contribution is 2.38. The molecule has 5 amide bonds. The number of imidazole rings is 5. The monoisotopic (exact) mass is 1890 g/mol. The summed E-state index contributed by atoms with van der Waals surface area (Å²) in [7, 11) is 0. The standard InChI is InChI=1S/C21H21N5O.C20H18N8OS.C20H21N7O.C20H23N7O.C19H21N7O/c1-3-26(13(2)27)12-18-24-19-16-10-9-15(14-7-5-4-6-8-14)11-17(16)23-21(22)20(19)25-18;1-2-28(20(29)19-22-7-8-30-19)10-15-25-16-12-4-3-11(13-5-6-23-27-13)9-14(12)24-18(21)17(16)26-15;1-2-27(20(28)11-3-4-11)10-16-24-17-13-6-5-12(14-7-8-22-26-14)9-15(13)23-19(21)18(17)25-16;1-4-27(20(28)11(2)3)10-16-24-17-13-6-5-12(14-7-8-22-26-14)9-15(13)23-19(21)18(17)25-16;1-3-16(27)26(4-2)10-15-23-17-12-6-5-11(13-7-8-21-25-13)9-14(12)22-19(20)18(17)24-15/h4-11H,3,12H2,1-2H3,(H2,22,23)(H,24,25);3-9H,2,10H2,1H3,(H2,21,24)(H,23,27)(H,25,26);5-9,11H,2-4,10H2,1H3,(H2,21,23)(H,22,26)(H,24,25);5-9,11H,4,10H2,1-3H3,(H2,21,23)(H,22,26)(H,24,25);5-9H,3-4,10H2,1-2H3,(H2,20,22)(H,21,25)(H,23,24). The molecule has 15 aromatic heterocycles. The van der Waals surface area contributed by atoms with E-state index < -0.39 is 0 Å². The van der Waals surface area contributed by atoms with Crippen LogP contribution in [0.25, 0.3) is 166 Å². The van der Waals surface area contributed by atoms with E-state index in [-0.39, 0.29) is 41.4 Å². The van der Waals surface area contributed by atoms with Gasteiger partial charge in [0, 0.05) is 143 Å². The molecule has 1 aliphatic rings. The molecule has 1 saturated carbocycles. The van der Waals surface area contributed by atoms with Gasteiger partial charge >= 0.3 is 0 Å². The van der Waals surface area contributed by atoms with Gasteiger partial charge in [0.15, 0.2) is 5.01 Å². The summed E-state index contributed by atoms with van der Waals surface area (Å²) in [5, 5.41) is 34.6. The zero-order valence-corrected chi connectivity index (χ0v) is 79.3. The second-order valence-electron chi connectivity index (χ2n) is 34.0. The van der Waals surface area contributed by atoms with Crippen LogP contribution in [-0.2, 0) is 51.9 Å². The molecule has 0 unspecified atom stereocenters. The number of nitrogens with zero attached hydrogens (tertiary/aromatic N) is 20. The summed E-state index contributed by atoms with van der Waals surface area (Å²) >= 11 is 1.32. The highest BCUT2D eigenvalue weighted by atomic mass is 32.1. The maximum Gasteiger partial charge on any atom is 0.283 e. The highest BCUT2D eigenvalue weighted by molar-refractivity contribution is 7.11. The Hall–Kier alpha value is -17.5. The van der Waals surface area contributed by atoms with Gasteiger partial charge in [-0.1, -0.05) is 81.4 Å². The van der Waals surface area contributed by atoms with Gasteiger partial charge in [0.2, 0.25) is 23.6 Å². The summed E-state index contributed by atoms with van der Waals surface area (Å²) in [6.45, 7) is 22.1. The Morgan fingerprint density at radius 1 is 0.364 bits per heavy atom. The van der Waals surface area contributed by atoms with Crippen molar-refractivity contribution in [2.75, 3.05) is 61.4 Å². The lowest BCUT2D eigenvalue weighted by Crippen LogP contribution is -2.33. The van der Waals surface area contributed by atoms with E-state index in [1.54, 1.807) is 62.9 Å². The molecule has 15 heterocycles. The van der Waals surface area contributed by atoms with E-state index in [9.17, 15) is 24.0 Å². The number of nitrogen functional groups attached to an aromatic ring is 5. The molecule has 21 aromatic rings. The lowest BCUT2D eigenvalue weighted by atomic mass is 10.0. The fourth-order valence-corrected chi connectivity index (χ4v) is 17.6. The molecule has 0 spiro atoms. The average Bonchev–Trinajstić information content (AvgIpc) is 1.59. The van der Waals surface area contributed by atoms with E-state index in [1.807, 2.05) is 188 Å². The Morgan fingerprint density at radius 2 is 0.679 bits per heavy atom. The highest BCUT2D eigenvalue weighted by Gasteiger charge is 2.34. The average molecular weight is 1890 g/mol. The lowest BCUT2D eigenvalue weighted by molar-refractivity contribution is -0.135. The molecule has 0 saturated heterocycles. The van der Waals surface area contributed by atoms with E-state index in [0.29, 0.717) is 157 Å². The van der Waals surface area contributed by atoms with Crippen LogP contribution in [0.5, 0.6) is 0 Å². The van der Waals surface area contributed by atoms with Crippen LogP contribution in [0.15, 0.2) is 182 Å². The predicted octanol–water partition coefficient (Wildman–Crippen LogP) is 15.7. The van der Waals surface area contributed by atoms with E-state index in [2.05, 4.69) is 114 Å². The van der Waals surface area contributed by atoms with Crippen LogP contribution < -0.4 is 28.7 Å². The summed E-state index contributed by atoms with van der Waals surface area (Å²) in [4.78, 5) is 137. The summed E-state index contributed by atoms with van der Waals surface area (Å²) < 4.78 is 0. The number of benzene rings is 6. The fraction of sp³-hybridized carbons (Fsp3) is 0.240. The molecule has 40 heteroatoms. The molecule has 19 N–H and O–H groups in total. The number of amides is 5. The molecule has 22 rings (SSSR count). The number of anilines is 5. The number of carbonyl (C=O) groups excluding carboxylic acids is 5. The van der Waals surface area contributed by atoms with Crippen LogP contribution >= 0.6 is 11.3 Å². The topological polar surface area (TPSA) is 567 Å². The molecular formula is C100H104N34O5S. The lowest BCUT2D eigenvalue weighted by Gasteiger charge is -2.21. The SMILES string of the molecule is CCC(=O)N(CC)Cc1nc2c([nH]1)c(N)nc1cc(-c3ccn[nH]3)ccc12.CCN(Cc1nc2c([nH]1)c(N)nc1cc(-c3ccccc3)ccc12)C(C)=O.CCN(Cc1nc2c([nH]1)c(N)nc1cc(-c3ccn[nH]3)ccc12)C(=O)C(C)C.CCN(Cc1nc2c([nH]1)c(N)nc1cc(-c3ccn[nH]3)ccc12)C(=O)C1CC1.CCN(Cc1nc2c([nH]1)c(N)nc1cc(-c3ccn[nH]3)ccc12)C(=O)c1nccs1. The molecule has 0 radical (unpaired) electrons. The minimum atomic E-state index is -0.117. The first-order chi connectivity index (χ1) is 67.9. The van der Waals surface area contributed by atoms with Crippen molar-refractivity contribution in [2.24, 2.45) is 11.8 Å². The molecule has 39 nitrogen and oxygen atoms in total. The Labute approximate surface area is 803 Å². The first-order valence-corrected chi connectivity index (χ1v) is 47.0. The van der Waals surface area contributed by atoms with Crippen molar-refractivity contribution in [3.05, 3.63) is 216 Å². The van der Waals surface area contributed by atoms with E-state index in [0.717, 1.165) is 157 Å². The molecule has 140 heavy (non-hydrogen) atoms. The van der Waals surface area contributed by atoms with Crippen molar-refractivity contribution >= 4 is 180 Å². The van der Waals surface area contributed by atoms with E-state index >= 15 is 0 Å². The Morgan fingerprint density at radius 3 is 0.971 bits per heavy atom. The minimum absolute atomic E-state index is 0.0152. The fourth-order valence-electron chi connectivity index (χ4n) is 17.0. The van der Waals surface area contributed by atoms with Gasteiger partial charge in [-0.05, 0) is 144 Å². The maximum absolute atomic E-state index is 12.7. The number of thiazole rings is 1. The van der Waals surface area contributed by atoms with Gasteiger partial charge in [-0.2, -0.15) is 20.4 Å². The first kappa shape index (κ1) is 93.0. The van der Waals surface area contributed by atoms with Gasteiger partial charge in [0.1, 0.15) is 113 Å². The largest absolute Gasteiger partial charge is 0.382 e. The molecule has 6 aromatic carbocycles. The number of aromatic nitrogens is 24. The van der Waals surface area contributed by atoms with Gasteiger partial charge in [0.05, 0.1) is 83.1 Å². The third-order valence-corrected chi connectivity index (χ3v) is 25.3. The smallest absolute Gasteiger partial charge is 0.283 e.